The first-order valence-electron chi connectivity index (χ1n) is 2.19. The Morgan fingerprint density at radius 3 is 2.09 bits per heavy atom. The summed E-state index contributed by atoms with van der Waals surface area (Å²) in [6, 6.07) is 0. The zero-order chi connectivity index (χ0) is 8.36. The summed E-state index contributed by atoms with van der Waals surface area (Å²) in [5, 5.41) is 0. The maximum Gasteiger partial charge on any atom is 1.00 e. The second-order valence-electron chi connectivity index (χ2n) is 1.42. The molecular formula is C3H7KNO3S3+. The van der Waals surface area contributed by atoms with Gasteiger partial charge in [0.25, 0.3) is 0 Å². The Morgan fingerprint density at radius 1 is 1.64 bits per heavy atom. The largest absolute Gasteiger partial charge is 1.00 e. The third-order valence-corrected chi connectivity index (χ3v) is 3.28. The standard InChI is InChI=1S/C3H7NO3S3.K/c1-4(3(8)9-2)10(5,6)7;/h1-2H3,(H,5,6,7);/q;+1. The topological polar surface area (TPSA) is 57.6 Å². The van der Waals surface area contributed by atoms with E-state index in [0.29, 0.717) is 4.31 Å². The number of thioether (sulfide) groups is 1. The Labute approximate surface area is 118 Å². The summed E-state index contributed by atoms with van der Waals surface area (Å²) < 4.78 is 29.8. The molecule has 4 nitrogen and oxygen atoms in total. The molecule has 0 aromatic carbocycles. The molecule has 0 atom stereocenters. The molecule has 0 aliphatic heterocycles. The van der Waals surface area contributed by atoms with E-state index in [1.807, 2.05) is 0 Å². The van der Waals surface area contributed by atoms with Crippen LogP contribution in [-0.2, 0) is 10.3 Å². The molecule has 0 aromatic heterocycles. The third kappa shape index (κ3) is 5.94. The van der Waals surface area contributed by atoms with Crippen molar-refractivity contribution < 1.29 is 64.4 Å². The summed E-state index contributed by atoms with van der Waals surface area (Å²) in [6.45, 7) is 0. The van der Waals surface area contributed by atoms with Crippen LogP contribution in [0, 0.1) is 0 Å². The van der Waals surface area contributed by atoms with Crippen LogP contribution in [0.15, 0.2) is 0 Å². The van der Waals surface area contributed by atoms with Crippen molar-refractivity contribution in [2.24, 2.45) is 0 Å². The van der Waals surface area contributed by atoms with Gasteiger partial charge in [-0.1, -0.05) is 24.0 Å². The summed E-state index contributed by atoms with van der Waals surface area (Å²) in [6.07, 6.45) is 1.63. The first kappa shape index (κ1) is 15.3. The van der Waals surface area contributed by atoms with Crippen molar-refractivity contribution in [3.63, 3.8) is 0 Å². The second-order valence-corrected chi connectivity index (χ2v) is 4.30. The van der Waals surface area contributed by atoms with Crippen molar-refractivity contribution in [2.75, 3.05) is 13.3 Å². The van der Waals surface area contributed by atoms with Gasteiger partial charge in [-0.05, 0) is 6.26 Å². The molecule has 0 rings (SSSR count). The van der Waals surface area contributed by atoms with E-state index in [1.165, 1.54) is 7.05 Å². The predicted octanol–water partition coefficient (Wildman–Crippen LogP) is -2.63. The van der Waals surface area contributed by atoms with Crippen LogP contribution in [0.2, 0.25) is 0 Å². The summed E-state index contributed by atoms with van der Waals surface area (Å²) >= 11 is 5.65. The molecule has 0 aliphatic rings. The van der Waals surface area contributed by atoms with Gasteiger partial charge < -0.3 is 0 Å². The van der Waals surface area contributed by atoms with E-state index in [9.17, 15) is 8.42 Å². The molecule has 8 heteroatoms. The number of thiocarbonyl (C=S) groups is 1. The number of nitrogens with zero attached hydrogens (tertiary/aromatic N) is 1. The van der Waals surface area contributed by atoms with Crippen LogP contribution in [0.25, 0.3) is 0 Å². The van der Waals surface area contributed by atoms with Gasteiger partial charge in [0, 0.05) is 7.05 Å². The SMILES string of the molecule is CSC(=S)N(C)S(=O)(=O)O.[K+]. The smallest absolute Gasteiger partial charge is 0.269 e. The molecule has 60 valence electrons. The van der Waals surface area contributed by atoms with E-state index < -0.39 is 10.3 Å². The second kappa shape index (κ2) is 6.27. The summed E-state index contributed by atoms with van der Waals surface area (Å²) in [4.78, 5) is 0. The quantitative estimate of drug-likeness (QED) is 0.309. The van der Waals surface area contributed by atoms with Crippen LogP contribution < -0.4 is 51.4 Å². The fraction of sp³-hybridized carbons (Fsp3) is 0.667. The molecule has 0 unspecified atom stereocenters. The molecule has 0 radical (unpaired) electrons. The average Bonchev–Trinajstić information content (AvgIpc) is 1.83. The minimum absolute atomic E-state index is 0. The monoisotopic (exact) mass is 240 g/mol. The number of hydrogen-bond donors (Lipinski definition) is 1. The van der Waals surface area contributed by atoms with Gasteiger partial charge in [-0.3, -0.25) is 4.55 Å². The van der Waals surface area contributed by atoms with Crippen LogP contribution >= 0.6 is 24.0 Å². The molecule has 0 amide bonds. The van der Waals surface area contributed by atoms with Crippen LogP contribution in [0.1, 0.15) is 0 Å². The van der Waals surface area contributed by atoms with E-state index in [4.69, 9.17) is 4.55 Å². The van der Waals surface area contributed by atoms with Gasteiger partial charge in [-0.15, -0.1) is 0 Å². The van der Waals surface area contributed by atoms with E-state index >= 15 is 0 Å². The molecular weight excluding hydrogens is 233 g/mol. The minimum atomic E-state index is -4.14. The molecule has 1 N–H and O–H groups in total. The van der Waals surface area contributed by atoms with E-state index in [2.05, 4.69) is 12.2 Å². The normalized spacial score (nSPS) is 10.1. The molecule has 0 saturated carbocycles. The van der Waals surface area contributed by atoms with Gasteiger partial charge >= 0.3 is 61.7 Å². The maximum absolute atomic E-state index is 10.3. The van der Waals surface area contributed by atoms with Gasteiger partial charge in [-0.25, -0.2) is 4.31 Å². The van der Waals surface area contributed by atoms with Gasteiger partial charge in [0.2, 0.25) is 0 Å². The van der Waals surface area contributed by atoms with Crippen molar-refractivity contribution in [1.82, 2.24) is 4.31 Å². The number of hydrogen-bond acceptors (Lipinski definition) is 4. The Hall–Kier alpha value is 1.79. The summed E-state index contributed by atoms with van der Waals surface area (Å²) in [7, 11) is -2.95. The fourth-order valence-electron chi connectivity index (χ4n) is 0.223. The maximum atomic E-state index is 10.3. The summed E-state index contributed by atoms with van der Waals surface area (Å²) in [5.41, 5.74) is 0. The molecule has 0 bridgehead atoms. The van der Waals surface area contributed by atoms with Crippen molar-refractivity contribution in [2.45, 2.75) is 0 Å². The average molecular weight is 240 g/mol. The molecule has 0 aromatic rings. The number of rotatable bonds is 1. The molecule has 0 saturated heterocycles. The van der Waals surface area contributed by atoms with Crippen molar-refractivity contribution in [3.8, 4) is 0 Å². The van der Waals surface area contributed by atoms with Crippen molar-refractivity contribution in [1.29, 1.82) is 0 Å². The molecule has 0 fully saturated rings. The van der Waals surface area contributed by atoms with Gasteiger partial charge in [0.15, 0.2) is 4.32 Å². The van der Waals surface area contributed by atoms with Gasteiger partial charge in [0.1, 0.15) is 0 Å². The van der Waals surface area contributed by atoms with Crippen LogP contribution in [0.3, 0.4) is 0 Å². The third-order valence-electron chi connectivity index (χ3n) is 0.778. The summed E-state index contributed by atoms with van der Waals surface area (Å²) in [5.74, 6) is 0. The predicted molar refractivity (Wildman–Crippen MR) is 45.4 cm³/mol. The van der Waals surface area contributed by atoms with Gasteiger partial charge in [0.05, 0.1) is 0 Å². The van der Waals surface area contributed by atoms with Crippen LogP contribution in [0.5, 0.6) is 0 Å². The molecule has 11 heavy (non-hydrogen) atoms. The zero-order valence-electron chi connectivity index (χ0n) is 6.44. The van der Waals surface area contributed by atoms with E-state index in [0.717, 1.165) is 11.8 Å². The van der Waals surface area contributed by atoms with Crippen molar-refractivity contribution in [3.05, 3.63) is 0 Å². The Kier molecular flexibility index (Phi) is 8.71. The van der Waals surface area contributed by atoms with Crippen LogP contribution in [-0.4, -0.2) is 34.9 Å². The van der Waals surface area contributed by atoms with Crippen molar-refractivity contribution >= 4 is 38.6 Å². The van der Waals surface area contributed by atoms with Gasteiger partial charge in [-0.2, -0.15) is 8.42 Å². The Balaban J connectivity index is 0. The molecule has 0 aliphatic carbocycles. The zero-order valence-corrected chi connectivity index (χ0v) is 12.0. The molecule has 0 heterocycles. The minimum Gasteiger partial charge on any atom is -0.269 e. The van der Waals surface area contributed by atoms with E-state index in [-0.39, 0.29) is 55.7 Å². The Morgan fingerprint density at radius 2 is 2.00 bits per heavy atom. The first-order valence-corrected chi connectivity index (χ1v) is 5.22. The van der Waals surface area contributed by atoms with Crippen LogP contribution in [0.4, 0.5) is 0 Å². The van der Waals surface area contributed by atoms with E-state index in [1.54, 1.807) is 6.26 Å². The first-order chi connectivity index (χ1) is 4.39. The fourth-order valence-corrected chi connectivity index (χ4v) is 1.46. The Bertz CT molecular complexity index is 226. The molecule has 0 spiro atoms.